The standard InChI is InChI=1S/C18H31N3/c1-3-19-18(17-11-12-20-21(17)4-2)16-10-9-14-7-5-6-8-15(14)13-16/h11-12,14-16,18-19H,3-10,13H2,1-2H3. The average molecular weight is 289 g/mol. The van der Waals surface area contributed by atoms with Crippen molar-refractivity contribution in [1.82, 2.24) is 15.1 Å². The summed E-state index contributed by atoms with van der Waals surface area (Å²) in [5.41, 5.74) is 1.40. The SMILES string of the molecule is CCNC(c1ccnn1CC)C1CCC2CCCCC2C1. The van der Waals surface area contributed by atoms with Gasteiger partial charge in [-0.15, -0.1) is 0 Å². The molecule has 0 aromatic carbocycles. The molecule has 3 nitrogen and oxygen atoms in total. The van der Waals surface area contributed by atoms with Gasteiger partial charge in [0.15, 0.2) is 0 Å². The second kappa shape index (κ2) is 6.95. The van der Waals surface area contributed by atoms with Crippen molar-refractivity contribution in [3.05, 3.63) is 18.0 Å². The third-order valence-corrected chi connectivity index (χ3v) is 5.84. The average Bonchev–Trinajstić information content (AvgIpc) is 3.00. The molecule has 1 N–H and O–H groups in total. The third-order valence-electron chi connectivity index (χ3n) is 5.84. The van der Waals surface area contributed by atoms with Gasteiger partial charge in [-0.05, 0) is 56.6 Å². The summed E-state index contributed by atoms with van der Waals surface area (Å²) in [7, 11) is 0. The Morgan fingerprint density at radius 1 is 1.19 bits per heavy atom. The molecule has 0 amide bonds. The fraction of sp³-hybridized carbons (Fsp3) is 0.833. The summed E-state index contributed by atoms with van der Waals surface area (Å²) in [4.78, 5) is 0. The molecule has 3 rings (SSSR count). The van der Waals surface area contributed by atoms with Gasteiger partial charge in [0.2, 0.25) is 0 Å². The van der Waals surface area contributed by atoms with Crippen molar-refractivity contribution in [2.24, 2.45) is 17.8 Å². The first-order valence-electron chi connectivity index (χ1n) is 9.08. The first-order chi connectivity index (χ1) is 10.3. The van der Waals surface area contributed by atoms with E-state index in [1.165, 1.54) is 50.6 Å². The molecule has 0 aliphatic heterocycles. The zero-order valence-electron chi connectivity index (χ0n) is 13.7. The molecule has 2 fully saturated rings. The van der Waals surface area contributed by atoms with Crippen LogP contribution in [-0.4, -0.2) is 16.3 Å². The van der Waals surface area contributed by atoms with Crippen LogP contribution in [0.25, 0.3) is 0 Å². The number of aromatic nitrogens is 2. The van der Waals surface area contributed by atoms with Crippen LogP contribution in [0, 0.1) is 17.8 Å². The van der Waals surface area contributed by atoms with Crippen LogP contribution in [0.1, 0.15) is 70.5 Å². The van der Waals surface area contributed by atoms with Gasteiger partial charge in [0.1, 0.15) is 0 Å². The van der Waals surface area contributed by atoms with E-state index in [-0.39, 0.29) is 0 Å². The minimum atomic E-state index is 0.500. The number of rotatable bonds is 5. The van der Waals surface area contributed by atoms with Gasteiger partial charge in [-0.25, -0.2) is 0 Å². The summed E-state index contributed by atoms with van der Waals surface area (Å²) in [6.07, 6.45) is 12.2. The van der Waals surface area contributed by atoms with Crippen molar-refractivity contribution < 1.29 is 0 Å². The second-order valence-electron chi connectivity index (χ2n) is 6.98. The first kappa shape index (κ1) is 15.1. The Kier molecular flexibility index (Phi) is 4.99. The van der Waals surface area contributed by atoms with Crippen molar-refractivity contribution in [3.8, 4) is 0 Å². The lowest BCUT2D eigenvalue weighted by Gasteiger charge is -2.42. The summed E-state index contributed by atoms with van der Waals surface area (Å²) in [6, 6.07) is 2.73. The predicted molar refractivity (Wildman–Crippen MR) is 87.1 cm³/mol. The van der Waals surface area contributed by atoms with Gasteiger partial charge in [0.25, 0.3) is 0 Å². The smallest absolute Gasteiger partial charge is 0.0556 e. The predicted octanol–water partition coefficient (Wildman–Crippen LogP) is 4.16. The Labute approximate surface area is 129 Å². The lowest BCUT2D eigenvalue weighted by Crippen LogP contribution is -2.36. The Morgan fingerprint density at radius 3 is 2.76 bits per heavy atom. The highest BCUT2D eigenvalue weighted by molar-refractivity contribution is 5.09. The summed E-state index contributed by atoms with van der Waals surface area (Å²) in [5.74, 6) is 2.83. The lowest BCUT2D eigenvalue weighted by atomic mass is 9.66. The van der Waals surface area contributed by atoms with Crippen LogP contribution >= 0.6 is 0 Å². The van der Waals surface area contributed by atoms with Crippen LogP contribution in [0.15, 0.2) is 12.3 Å². The Morgan fingerprint density at radius 2 is 2.00 bits per heavy atom. The zero-order valence-corrected chi connectivity index (χ0v) is 13.7. The van der Waals surface area contributed by atoms with Crippen LogP contribution in [-0.2, 0) is 6.54 Å². The zero-order chi connectivity index (χ0) is 14.7. The van der Waals surface area contributed by atoms with E-state index in [2.05, 4.69) is 35.0 Å². The highest BCUT2D eigenvalue weighted by Crippen LogP contribution is 2.46. The van der Waals surface area contributed by atoms with Crippen molar-refractivity contribution in [2.45, 2.75) is 71.4 Å². The van der Waals surface area contributed by atoms with Crippen molar-refractivity contribution in [1.29, 1.82) is 0 Å². The molecule has 1 heterocycles. The molecular formula is C18H31N3. The van der Waals surface area contributed by atoms with Gasteiger partial charge in [0, 0.05) is 12.7 Å². The van der Waals surface area contributed by atoms with E-state index in [0.717, 1.165) is 30.8 Å². The molecule has 21 heavy (non-hydrogen) atoms. The Balaban J connectivity index is 1.75. The van der Waals surface area contributed by atoms with Gasteiger partial charge in [-0.3, -0.25) is 4.68 Å². The summed E-state index contributed by atoms with van der Waals surface area (Å²) in [5, 5.41) is 8.25. The highest BCUT2D eigenvalue weighted by atomic mass is 15.3. The molecule has 3 heteroatoms. The summed E-state index contributed by atoms with van der Waals surface area (Å²) >= 11 is 0. The first-order valence-corrected chi connectivity index (χ1v) is 9.08. The highest BCUT2D eigenvalue weighted by Gasteiger charge is 2.36. The molecule has 0 saturated heterocycles. The van der Waals surface area contributed by atoms with Gasteiger partial charge >= 0.3 is 0 Å². The topological polar surface area (TPSA) is 29.9 Å². The number of hydrogen-bond donors (Lipinski definition) is 1. The van der Waals surface area contributed by atoms with Crippen molar-refractivity contribution in [2.75, 3.05) is 6.54 Å². The fourth-order valence-electron chi connectivity index (χ4n) is 4.82. The maximum atomic E-state index is 4.49. The quantitative estimate of drug-likeness (QED) is 0.882. The van der Waals surface area contributed by atoms with Gasteiger partial charge < -0.3 is 5.32 Å². The van der Waals surface area contributed by atoms with Gasteiger partial charge in [-0.1, -0.05) is 32.6 Å². The molecule has 4 atom stereocenters. The maximum absolute atomic E-state index is 4.49. The minimum absolute atomic E-state index is 0.500. The van der Waals surface area contributed by atoms with Crippen LogP contribution in [0.4, 0.5) is 0 Å². The number of nitrogens with one attached hydrogen (secondary N) is 1. The summed E-state index contributed by atoms with van der Waals surface area (Å²) < 4.78 is 2.18. The van der Waals surface area contributed by atoms with Crippen molar-refractivity contribution >= 4 is 0 Å². The van der Waals surface area contributed by atoms with E-state index in [1.54, 1.807) is 0 Å². The molecule has 2 saturated carbocycles. The lowest BCUT2D eigenvalue weighted by molar-refractivity contribution is 0.108. The Hall–Kier alpha value is -0.830. The molecule has 1 aromatic rings. The van der Waals surface area contributed by atoms with Crippen LogP contribution in [0.3, 0.4) is 0 Å². The van der Waals surface area contributed by atoms with E-state index < -0.39 is 0 Å². The number of fused-ring (bicyclic) bond motifs is 1. The van der Waals surface area contributed by atoms with Crippen LogP contribution < -0.4 is 5.32 Å². The fourth-order valence-corrected chi connectivity index (χ4v) is 4.82. The molecule has 0 bridgehead atoms. The third kappa shape index (κ3) is 3.18. The maximum Gasteiger partial charge on any atom is 0.0556 e. The summed E-state index contributed by atoms with van der Waals surface area (Å²) in [6.45, 7) is 6.44. The van der Waals surface area contributed by atoms with E-state index in [0.29, 0.717) is 6.04 Å². The molecule has 118 valence electrons. The second-order valence-corrected chi connectivity index (χ2v) is 6.98. The molecule has 2 aliphatic rings. The molecule has 0 spiro atoms. The van der Waals surface area contributed by atoms with E-state index in [1.807, 2.05) is 6.20 Å². The van der Waals surface area contributed by atoms with E-state index in [4.69, 9.17) is 0 Å². The monoisotopic (exact) mass is 289 g/mol. The normalized spacial score (nSPS) is 30.9. The molecule has 1 aromatic heterocycles. The molecular weight excluding hydrogens is 258 g/mol. The number of nitrogens with zero attached hydrogens (tertiary/aromatic N) is 2. The molecule has 4 unspecified atom stereocenters. The van der Waals surface area contributed by atoms with Crippen LogP contribution in [0.2, 0.25) is 0 Å². The van der Waals surface area contributed by atoms with Crippen LogP contribution in [0.5, 0.6) is 0 Å². The van der Waals surface area contributed by atoms with E-state index in [9.17, 15) is 0 Å². The molecule has 2 aliphatic carbocycles. The van der Waals surface area contributed by atoms with Gasteiger partial charge in [0.05, 0.1) is 11.7 Å². The van der Waals surface area contributed by atoms with E-state index >= 15 is 0 Å². The Bertz CT molecular complexity index is 439. The largest absolute Gasteiger partial charge is 0.309 e. The number of aryl methyl sites for hydroxylation is 1. The number of hydrogen-bond acceptors (Lipinski definition) is 2. The molecule has 0 radical (unpaired) electrons. The van der Waals surface area contributed by atoms with Gasteiger partial charge in [-0.2, -0.15) is 5.10 Å². The van der Waals surface area contributed by atoms with Crippen molar-refractivity contribution in [3.63, 3.8) is 0 Å². The minimum Gasteiger partial charge on any atom is -0.309 e.